The lowest BCUT2D eigenvalue weighted by atomic mass is 9.81. The zero-order valence-electron chi connectivity index (χ0n) is 18.1. The summed E-state index contributed by atoms with van der Waals surface area (Å²) < 4.78 is 31.1. The highest BCUT2D eigenvalue weighted by atomic mass is 32.2. The Morgan fingerprint density at radius 2 is 2.09 bits per heavy atom. The summed E-state index contributed by atoms with van der Waals surface area (Å²) in [6.45, 7) is 1.41. The number of ketones is 1. The molecule has 0 spiro atoms. The molecular weight excluding hydrogens is 456 g/mol. The van der Waals surface area contributed by atoms with Crippen molar-refractivity contribution in [3.8, 4) is 17.5 Å². The molecule has 2 N–H and O–H groups in total. The Morgan fingerprint density at radius 1 is 1.26 bits per heavy atom. The van der Waals surface area contributed by atoms with Gasteiger partial charge in [-0.15, -0.1) is 0 Å². The number of sulfone groups is 1. The number of hydrogen-bond donors (Lipinski definition) is 2. The molecule has 4 heterocycles. The number of fused-ring (bicyclic) bond motifs is 1. The van der Waals surface area contributed by atoms with Crippen molar-refractivity contribution in [2.45, 2.75) is 30.8 Å². The highest BCUT2D eigenvalue weighted by molar-refractivity contribution is 7.91. The van der Waals surface area contributed by atoms with Crippen molar-refractivity contribution in [3.05, 3.63) is 54.3 Å². The number of aromatic amines is 1. The molecule has 0 unspecified atom stereocenters. The first kappa shape index (κ1) is 21.8. The third kappa shape index (κ3) is 4.04. The zero-order valence-corrected chi connectivity index (χ0v) is 19.0. The molecular formula is C23H20N6O4S. The maximum atomic E-state index is 12.8. The van der Waals surface area contributed by atoms with Gasteiger partial charge in [0.15, 0.2) is 26.4 Å². The Morgan fingerprint density at radius 3 is 2.82 bits per heavy atom. The van der Waals surface area contributed by atoms with Gasteiger partial charge in [-0.1, -0.05) is 0 Å². The van der Waals surface area contributed by atoms with Gasteiger partial charge in [0.1, 0.15) is 5.65 Å². The number of anilines is 1. The molecule has 1 saturated carbocycles. The van der Waals surface area contributed by atoms with E-state index in [4.69, 9.17) is 9.68 Å². The predicted molar refractivity (Wildman–Crippen MR) is 123 cm³/mol. The standard InChI is InChI=1S/C23H20N6O4S/c1-13(30)19-11-28-23(33-19)18-10-27-22-17(3-5-26-22)21(18)29-16-6-15(7-16)12-34(31,32)20-8-14(9-24)2-4-25-20/h2-5,8,10-11,15-16H,6-7,12H2,1H3,(H2,26,27,29). The third-order valence-electron chi connectivity index (χ3n) is 5.89. The van der Waals surface area contributed by atoms with Gasteiger partial charge in [-0.3, -0.25) is 4.79 Å². The van der Waals surface area contributed by atoms with E-state index in [-0.39, 0.29) is 45.7 Å². The molecule has 0 aromatic carbocycles. The van der Waals surface area contributed by atoms with E-state index in [2.05, 4.69) is 25.3 Å². The van der Waals surface area contributed by atoms with Gasteiger partial charge in [0.2, 0.25) is 5.89 Å². The smallest absolute Gasteiger partial charge is 0.230 e. The summed E-state index contributed by atoms with van der Waals surface area (Å²) in [4.78, 5) is 27.3. The van der Waals surface area contributed by atoms with E-state index >= 15 is 0 Å². The van der Waals surface area contributed by atoms with Crippen molar-refractivity contribution in [2.24, 2.45) is 5.92 Å². The maximum Gasteiger partial charge on any atom is 0.230 e. The number of carbonyl (C=O) groups is 1. The second-order valence-electron chi connectivity index (χ2n) is 8.33. The average molecular weight is 477 g/mol. The van der Waals surface area contributed by atoms with Crippen LogP contribution in [0.4, 0.5) is 5.69 Å². The minimum atomic E-state index is -3.59. The number of nitrogens with zero attached hydrogens (tertiary/aromatic N) is 4. The van der Waals surface area contributed by atoms with Crippen molar-refractivity contribution in [1.82, 2.24) is 19.9 Å². The number of hydrogen-bond acceptors (Lipinski definition) is 9. The Labute approximate surface area is 195 Å². The first-order valence-electron chi connectivity index (χ1n) is 10.6. The minimum Gasteiger partial charge on any atom is -0.433 e. The second kappa shape index (κ2) is 8.39. The summed E-state index contributed by atoms with van der Waals surface area (Å²) in [5.74, 6) is 0.163. The molecule has 1 aliphatic rings. The number of carbonyl (C=O) groups excluding carboxylic acids is 1. The van der Waals surface area contributed by atoms with Crippen LogP contribution in [0.5, 0.6) is 0 Å². The fraction of sp³-hybridized carbons (Fsp3) is 0.261. The summed E-state index contributed by atoms with van der Waals surface area (Å²) >= 11 is 0. The van der Waals surface area contributed by atoms with Crippen LogP contribution in [0.25, 0.3) is 22.5 Å². The van der Waals surface area contributed by atoms with Gasteiger partial charge in [0, 0.05) is 36.9 Å². The number of Topliss-reactive ketones (excluding diaryl/α,β-unsaturated/α-hetero) is 1. The molecule has 0 atom stereocenters. The lowest BCUT2D eigenvalue weighted by Gasteiger charge is -2.36. The fourth-order valence-electron chi connectivity index (χ4n) is 4.13. The SMILES string of the molecule is CC(=O)c1cnc(-c2cnc3[nH]ccc3c2NC2CC(CS(=O)(=O)c3cc(C#N)ccn3)C2)o1. The first-order valence-corrected chi connectivity index (χ1v) is 12.3. The van der Waals surface area contributed by atoms with E-state index < -0.39 is 9.84 Å². The van der Waals surface area contributed by atoms with Gasteiger partial charge < -0.3 is 14.7 Å². The van der Waals surface area contributed by atoms with Gasteiger partial charge in [-0.2, -0.15) is 5.26 Å². The van der Waals surface area contributed by atoms with E-state index in [0.717, 1.165) is 11.1 Å². The van der Waals surface area contributed by atoms with Crippen molar-refractivity contribution >= 4 is 32.3 Å². The van der Waals surface area contributed by atoms with Gasteiger partial charge in [0.05, 0.1) is 34.8 Å². The summed E-state index contributed by atoms with van der Waals surface area (Å²) in [6.07, 6.45) is 7.43. The quantitative estimate of drug-likeness (QED) is 0.382. The molecule has 4 aromatic heterocycles. The lowest BCUT2D eigenvalue weighted by molar-refractivity contribution is 0.0988. The lowest BCUT2D eigenvalue weighted by Crippen LogP contribution is -2.39. The van der Waals surface area contributed by atoms with E-state index in [9.17, 15) is 13.2 Å². The van der Waals surface area contributed by atoms with Crippen molar-refractivity contribution < 1.29 is 17.6 Å². The van der Waals surface area contributed by atoms with E-state index in [1.165, 1.54) is 31.5 Å². The van der Waals surface area contributed by atoms with Gasteiger partial charge in [-0.25, -0.2) is 23.4 Å². The van der Waals surface area contributed by atoms with Crippen LogP contribution >= 0.6 is 0 Å². The summed E-state index contributed by atoms with van der Waals surface area (Å²) in [5.41, 5.74) is 2.33. The van der Waals surface area contributed by atoms with E-state index in [0.29, 0.717) is 24.1 Å². The molecule has 0 saturated heterocycles. The van der Waals surface area contributed by atoms with E-state index in [1.807, 2.05) is 12.1 Å². The molecule has 0 radical (unpaired) electrons. The molecule has 172 valence electrons. The fourth-order valence-corrected chi connectivity index (χ4v) is 5.72. The van der Waals surface area contributed by atoms with Crippen LogP contribution in [-0.4, -0.2) is 45.9 Å². The monoisotopic (exact) mass is 476 g/mol. The van der Waals surface area contributed by atoms with Crippen molar-refractivity contribution in [2.75, 3.05) is 11.1 Å². The summed E-state index contributed by atoms with van der Waals surface area (Å²) in [6, 6.07) is 6.65. The number of nitriles is 1. The second-order valence-corrected chi connectivity index (χ2v) is 10.3. The highest BCUT2D eigenvalue weighted by Crippen LogP contribution is 2.38. The largest absolute Gasteiger partial charge is 0.433 e. The Kier molecular flexibility index (Phi) is 5.37. The number of pyridine rings is 2. The molecule has 0 aliphatic heterocycles. The zero-order chi connectivity index (χ0) is 23.9. The van der Waals surface area contributed by atoms with Gasteiger partial charge in [0.25, 0.3) is 0 Å². The van der Waals surface area contributed by atoms with E-state index in [1.54, 1.807) is 12.4 Å². The Bertz CT molecular complexity index is 1540. The van der Waals surface area contributed by atoms with Crippen LogP contribution in [0.2, 0.25) is 0 Å². The Balaban J connectivity index is 1.33. The number of oxazole rings is 1. The summed E-state index contributed by atoms with van der Waals surface area (Å²) in [5, 5.41) is 13.3. The van der Waals surface area contributed by atoms with Crippen molar-refractivity contribution in [3.63, 3.8) is 0 Å². The average Bonchev–Trinajstić information content (AvgIpc) is 3.47. The topological polar surface area (TPSA) is 155 Å². The Hall–Kier alpha value is -4.04. The molecule has 4 aromatic rings. The van der Waals surface area contributed by atoms with Crippen LogP contribution in [0.3, 0.4) is 0 Å². The first-order chi connectivity index (χ1) is 16.3. The number of aromatic nitrogens is 4. The molecule has 10 nitrogen and oxygen atoms in total. The van der Waals surface area contributed by atoms with Crippen LogP contribution in [0.15, 0.2) is 52.4 Å². The highest BCUT2D eigenvalue weighted by Gasteiger charge is 2.35. The number of rotatable bonds is 7. The molecule has 0 bridgehead atoms. The molecule has 11 heteroatoms. The maximum absolute atomic E-state index is 12.8. The van der Waals surface area contributed by atoms with Crippen molar-refractivity contribution in [1.29, 1.82) is 5.26 Å². The molecule has 0 amide bonds. The third-order valence-corrected chi connectivity index (χ3v) is 7.66. The normalized spacial score (nSPS) is 17.8. The molecule has 5 rings (SSSR count). The molecule has 1 fully saturated rings. The van der Waals surface area contributed by atoms with Crippen LogP contribution in [0.1, 0.15) is 35.9 Å². The van der Waals surface area contributed by atoms with Crippen LogP contribution in [-0.2, 0) is 9.84 Å². The van der Waals surface area contributed by atoms with Crippen LogP contribution < -0.4 is 5.32 Å². The number of nitrogens with one attached hydrogen (secondary N) is 2. The van der Waals surface area contributed by atoms with Gasteiger partial charge >= 0.3 is 0 Å². The number of H-pyrrole nitrogens is 1. The van der Waals surface area contributed by atoms with Gasteiger partial charge in [-0.05, 0) is 37.0 Å². The minimum absolute atomic E-state index is 0.0302. The predicted octanol–water partition coefficient (Wildman–Crippen LogP) is 3.35. The van der Waals surface area contributed by atoms with Crippen LogP contribution in [0, 0.1) is 17.2 Å². The molecule has 34 heavy (non-hydrogen) atoms. The molecule has 1 aliphatic carbocycles. The summed E-state index contributed by atoms with van der Waals surface area (Å²) in [7, 11) is -3.59.